The Bertz CT molecular complexity index is 681. The molecule has 1 N–H and O–H groups in total. The van der Waals surface area contributed by atoms with E-state index in [0.29, 0.717) is 0 Å². The van der Waals surface area contributed by atoms with E-state index in [4.69, 9.17) is 0 Å². The van der Waals surface area contributed by atoms with Crippen molar-refractivity contribution < 1.29 is 0 Å². The molecule has 0 radical (unpaired) electrons. The van der Waals surface area contributed by atoms with Gasteiger partial charge < -0.3 is 5.32 Å². The molecule has 3 rings (SSSR count). The number of rotatable bonds is 5. The highest BCUT2D eigenvalue weighted by Gasteiger charge is 2.06. The van der Waals surface area contributed by atoms with Crippen LogP contribution in [-0.4, -0.2) is 14.8 Å². The van der Waals surface area contributed by atoms with Crippen LogP contribution in [-0.2, 0) is 26.6 Å². The molecule has 3 aromatic rings. The fourth-order valence-corrected chi connectivity index (χ4v) is 3.27. The number of aromatic nitrogens is 3. The number of thiazole rings is 1. The standard InChI is InChI=1S/C15H18N4S/c1-3-12-11(10-19(2)18-12)8-16-9-15-17-13-6-4-5-7-14(13)20-15/h4-7,10,16H,3,8-9H2,1-2H3. The van der Waals surface area contributed by atoms with Gasteiger partial charge in [0.15, 0.2) is 0 Å². The van der Waals surface area contributed by atoms with E-state index in [-0.39, 0.29) is 0 Å². The molecule has 5 heteroatoms. The lowest BCUT2D eigenvalue weighted by atomic mass is 10.2. The zero-order valence-corrected chi connectivity index (χ0v) is 12.6. The minimum atomic E-state index is 0.803. The molecule has 1 aromatic carbocycles. The van der Waals surface area contributed by atoms with Crippen molar-refractivity contribution in [3.8, 4) is 0 Å². The summed E-state index contributed by atoms with van der Waals surface area (Å²) in [5, 5.41) is 9.05. The van der Waals surface area contributed by atoms with Gasteiger partial charge in [0.1, 0.15) is 5.01 Å². The van der Waals surface area contributed by atoms with Crippen molar-refractivity contribution in [2.45, 2.75) is 26.4 Å². The first-order chi connectivity index (χ1) is 9.76. The summed E-state index contributed by atoms with van der Waals surface area (Å²) < 4.78 is 3.13. The summed E-state index contributed by atoms with van der Waals surface area (Å²) in [6.07, 6.45) is 3.06. The molecule has 0 unspecified atom stereocenters. The molecule has 0 aliphatic carbocycles. The van der Waals surface area contributed by atoms with Crippen molar-refractivity contribution >= 4 is 21.6 Å². The first-order valence-corrected chi connectivity index (χ1v) is 7.64. The third-order valence-corrected chi connectivity index (χ3v) is 4.29. The summed E-state index contributed by atoms with van der Waals surface area (Å²) in [6, 6.07) is 8.27. The monoisotopic (exact) mass is 286 g/mol. The zero-order chi connectivity index (χ0) is 13.9. The number of hydrogen-bond acceptors (Lipinski definition) is 4. The molecule has 104 valence electrons. The van der Waals surface area contributed by atoms with Crippen molar-refractivity contribution in [3.63, 3.8) is 0 Å². The first-order valence-electron chi connectivity index (χ1n) is 6.83. The van der Waals surface area contributed by atoms with Gasteiger partial charge in [-0.2, -0.15) is 5.10 Å². The van der Waals surface area contributed by atoms with Gasteiger partial charge in [0.05, 0.1) is 15.9 Å². The van der Waals surface area contributed by atoms with Crippen molar-refractivity contribution in [1.82, 2.24) is 20.1 Å². The molecule has 4 nitrogen and oxygen atoms in total. The molecule has 2 aromatic heterocycles. The van der Waals surface area contributed by atoms with Crippen LogP contribution in [0.25, 0.3) is 10.2 Å². The normalized spacial score (nSPS) is 11.3. The van der Waals surface area contributed by atoms with Crippen molar-refractivity contribution in [2.24, 2.45) is 7.05 Å². The molecule has 0 aliphatic rings. The van der Waals surface area contributed by atoms with E-state index >= 15 is 0 Å². The van der Waals surface area contributed by atoms with Crippen molar-refractivity contribution in [2.75, 3.05) is 0 Å². The number of para-hydroxylation sites is 1. The molecule has 0 amide bonds. The van der Waals surface area contributed by atoms with Crippen LogP contribution < -0.4 is 5.32 Å². The molecule has 2 heterocycles. The summed E-state index contributed by atoms with van der Waals surface area (Å²) >= 11 is 1.75. The largest absolute Gasteiger partial charge is 0.306 e. The maximum absolute atomic E-state index is 4.63. The summed E-state index contributed by atoms with van der Waals surface area (Å²) in [5.74, 6) is 0. The van der Waals surface area contributed by atoms with Gasteiger partial charge >= 0.3 is 0 Å². The Balaban J connectivity index is 1.64. The van der Waals surface area contributed by atoms with Gasteiger partial charge in [0.25, 0.3) is 0 Å². The molecular weight excluding hydrogens is 268 g/mol. The smallest absolute Gasteiger partial charge is 0.108 e. The third-order valence-electron chi connectivity index (χ3n) is 3.26. The van der Waals surface area contributed by atoms with Crippen LogP contribution in [0.4, 0.5) is 0 Å². The highest BCUT2D eigenvalue weighted by molar-refractivity contribution is 7.18. The minimum Gasteiger partial charge on any atom is -0.306 e. The Kier molecular flexibility index (Phi) is 3.80. The highest BCUT2D eigenvalue weighted by atomic mass is 32.1. The summed E-state index contributed by atoms with van der Waals surface area (Å²) in [4.78, 5) is 4.63. The van der Waals surface area contributed by atoms with Gasteiger partial charge in [-0.3, -0.25) is 4.68 Å². The summed E-state index contributed by atoms with van der Waals surface area (Å²) in [6.45, 7) is 3.78. The summed E-state index contributed by atoms with van der Waals surface area (Å²) in [7, 11) is 1.97. The lowest BCUT2D eigenvalue weighted by Crippen LogP contribution is -2.13. The van der Waals surface area contributed by atoms with Gasteiger partial charge in [0.2, 0.25) is 0 Å². The van der Waals surface area contributed by atoms with Gasteiger partial charge in [-0.05, 0) is 18.6 Å². The van der Waals surface area contributed by atoms with E-state index in [1.54, 1.807) is 11.3 Å². The lowest BCUT2D eigenvalue weighted by Gasteiger charge is -2.01. The van der Waals surface area contributed by atoms with E-state index in [1.165, 1.54) is 16.0 Å². The molecular formula is C15H18N4S. The Morgan fingerprint density at radius 3 is 2.90 bits per heavy atom. The predicted octanol–water partition coefficient (Wildman–Crippen LogP) is 2.88. The molecule has 0 saturated heterocycles. The van der Waals surface area contributed by atoms with E-state index in [9.17, 15) is 0 Å². The number of benzene rings is 1. The second kappa shape index (κ2) is 5.73. The second-order valence-electron chi connectivity index (χ2n) is 4.81. The van der Waals surface area contributed by atoms with E-state index in [1.807, 2.05) is 17.8 Å². The Labute approximate surface area is 122 Å². The quantitative estimate of drug-likeness (QED) is 0.784. The van der Waals surface area contributed by atoms with Crippen molar-refractivity contribution in [1.29, 1.82) is 0 Å². The van der Waals surface area contributed by atoms with Gasteiger partial charge in [0, 0.05) is 31.9 Å². The number of nitrogens with zero attached hydrogens (tertiary/aromatic N) is 3. The Morgan fingerprint density at radius 2 is 2.10 bits per heavy atom. The maximum Gasteiger partial charge on any atom is 0.108 e. The Morgan fingerprint density at radius 1 is 1.25 bits per heavy atom. The molecule has 0 spiro atoms. The Hall–Kier alpha value is -1.72. The van der Waals surface area contributed by atoms with Crippen molar-refractivity contribution in [3.05, 3.63) is 46.7 Å². The van der Waals surface area contributed by atoms with Crippen LogP contribution in [0.15, 0.2) is 30.5 Å². The molecule has 20 heavy (non-hydrogen) atoms. The van der Waals surface area contributed by atoms with Crippen LogP contribution in [0.2, 0.25) is 0 Å². The molecule has 0 saturated carbocycles. The number of nitrogens with one attached hydrogen (secondary N) is 1. The zero-order valence-electron chi connectivity index (χ0n) is 11.8. The van der Waals surface area contributed by atoms with Crippen LogP contribution in [0, 0.1) is 0 Å². The average molecular weight is 286 g/mol. The fraction of sp³-hybridized carbons (Fsp3) is 0.333. The topological polar surface area (TPSA) is 42.7 Å². The molecule has 0 aliphatic heterocycles. The maximum atomic E-state index is 4.63. The fourth-order valence-electron chi connectivity index (χ4n) is 2.33. The van der Waals surface area contributed by atoms with Gasteiger partial charge in [-0.25, -0.2) is 4.98 Å². The lowest BCUT2D eigenvalue weighted by molar-refractivity contribution is 0.686. The SMILES string of the molecule is CCc1nn(C)cc1CNCc1nc2ccccc2s1. The second-order valence-corrected chi connectivity index (χ2v) is 5.92. The van der Waals surface area contributed by atoms with E-state index < -0.39 is 0 Å². The first kappa shape index (κ1) is 13.3. The van der Waals surface area contributed by atoms with Crippen LogP contribution in [0.3, 0.4) is 0 Å². The van der Waals surface area contributed by atoms with E-state index in [2.05, 4.69) is 46.7 Å². The van der Waals surface area contributed by atoms with Crippen LogP contribution in [0.1, 0.15) is 23.2 Å². The summed E-state index contributed by atoms with van der Waals surface area (Å²) in [5.41, 5.74) is 3.53. The van der Waals surface area contributed by atoms with Crippen LogP contribution >= 0.6 is 11.3 Å². The number of aryl methyl sites for hydroxylation is 2. The number of fused-ring (bicyclic) bond motifs is 1. The highest BCUT2D eigenvalue weighted by Crippen LogP contribution is 2.21. The predicted molar refractivity (Wildman–Crippen MR) is 82.7 cm³/mol. The van der Waals surface area contributed by atoms with Gasteiger partial charge in [-0.1, -0.05) is 19.1 Å². The van der Waals surface area contributed by atoms with E-state index in [0.717, 1.165) is 30.0 Å². The molecule has 0 bridgehead atoms. The molecule has 0 fully saturated rings. The molecule has 0 atom stereocenters. The third kappa shape index (κ3) is 2.73. The average Bonchev–Trinajstić information content (AvgIpc) is 3.01. The minimum absolute atomic E-state index is 0.803. The number of hydrogen-bond donors (Lipinski definition) is 1. The van der Waals surface area contributed by atoms with Crippen LogP contribution in [0.5, 0.6) is 0 Å². The van der Waals surface area contributed by atoms with Gasteiger partial charge in [-0.15, -0.1) is 11.3 Å².